The maximum Gasteiger partial charge on any atom is 0.0446 e. The summed E-state index contributed by atoms with van der Waals surface area (Å²) in [4.78, 5) is 9.24. The van der Waals surface area contributed by atoms with Crippen molar-refractivity contribution in [3.63, 3.8) is 0 Å². The molecule has 0 bridgehead atoms. The first-order chi connectivity index (χ1) is 13.3. The van der Waals surface area contributed by atoms with Gasteiger partial charge in [0.25, 0.3) is 0 Å². The lowest BCUT2D eigenvalue weighted by Crippen LogP contribution is -2.57. The van der Waals surface area contributed by atoms with Crippen LogP contribution in [0.1, 0.15) is 24.1 Å². The van der Waals surface area contributed by atoms with Crippen LogP contribution in [0.3, 0.4) is 0 Å². The molecule has 0 aliphatic carbocycles. The van der Waals surface area contributed by atoms with Gasteiger partial charge in [0.2, 0.25) is 0 Å². The summed E-state index contributed by atoms with van der Waals surface area (Å²) in [6, 6.07) is 16.3. The standard InChI is InChI=1S/C22H31N3OS/c26-15-10-21-17-24(13-14-25(21)18-22-7-4-16-27-22)20-8-11-23(12-9-20)19-5-2-1-3-6-19/h1-7,16,20-21,26H,8-15,17-18H2. The van der Waals surface area contributed by atoms with Crippen LogP contribution in [-0.4, -0.2) is 66.3 Å². The molecule has 27 heavy (non-hydrogen) atoms. The molecule has 1 unspecified atom stereocenters. The smallest absolute Gasteiger partial charge is 0.0446 e. The minimum atomic E-state index is 0.284. The first-order valence-corrected chi connectivity index (χ1v) is 11.1. The Balaban J connectivity index is 1.32. The lowest BCUT2D eigenvalue weighted by atomic mass is 9.99. The third-order valence-corrected chi connectivity index (χ3v) is 7.00. The van der Waals surface area contributed by atoms with Crippen LogP contribution in [0.4, 0.5) is 5.69 Å². The number of hydrogen-bond acceptors (Lipinski definition) is 5. The Hall–Kier alpha value is -1.40. The highest BCUT2D eigenvalue weighted by atomic mass is 32.1. The molecule has 1 aromatic heterocycles. The monoisotopic (exact) mass is 385 g/mol. The van der Waals surface area contributed by atoms with E-state index in [9.17, 15) is 5.11 Å². The number of rotatable bonds is 6. The molecule has 1 atom stereocenters. The zero-order valence-electron chi connectivity index (χ0n) is 16.0. The Bertz CT molecular complexity index is 670. The van der Waals surface area contributed by atoms with Crippen LogP contribution >= 0.6 is 11.3 Å². The van der Waals surface area contributed by atoms with E-state index in [0.29, 0.717) is 12.1 Å². The van der Waals surface area contributed by atoms with Crippen molar-refractivity contribution in [3.05, 3.63) is 52.7 Å². The van der Waals surface area contributed by atoms with Crippen LogP contribution in [0.25, 0.3) is 0 Å². The van der Waals surface area contributed by atoms with E-state index in [1.165, 1.54) is 23.4 Å². The summed E-state index contributed by atoms with van der Waals surface area (Å²) in [7, 11) is 0. The molecule has 3 heterocycles. The number of benzene rings is 1. The second kappa shape index (κ2) is 9.20. The largest absolute Gasteiger partial charge is 0.396 e. The van der Waals surface area contributed by atoms with Crippen LogP contribution in [0.15, 0.2) is 47.8 Å². The van der Waals surface area contributed by atoms with Crippen molar-refractivity contribution in [1.82, 2.24) is 9.80 Å². The first kappa shape index (κ1) is 18.9. The summed E-state index contributed by atoms with van der Waals surface area (Å²) < 4.78 is 0. The summed E-state index contributed by atoms with van der Waals surface area (Å²) in [5.41, 5.74) is 1.36. The van der Waals surface area contributed by atoms with E-state index in [1.807, 2.05) is 11.3 Å². The van der Waals surface area contributed by atoms with Crippen LogP contribution in [-0.2, 0) is 6.54 Å². The van der Waals surface area contributed by atoms with Crippen molar-refractivity contribution in [2.75, 3.05) is 44.2 Å². The summed E-state index contributed by atoms with van der Waals surface area (Å²) in [5.74, 6) is 0. The molecule has 2 aromatic rings. The van der Waals surface area contributed by atoms with E-state index in [4.69, 9.17) is 0 Å². The number of aliphatic hydroxyl groups excluding tert-OH is 1. The van der Waals surface area contributed by atoms with Crippen molar-refractivity contribution in [2.45, 2.75) is 37.9 Å². The molecule has 4 rings (SSSR count). The predicted molar refractivity (Wildman–Crippen MR) is 113 cm³/mol. The van der Waals surface area contributed by atoms with Gasteiger partial charge in [0.1, 0.15) is 0 Å². The molecule has 2 fully saturated rings. The van der Waals surface area contributed by atoms with Gasteiger partial charge in [0.05, 0.1) is 0 Å². The van der Waals surface area contributed by atoms with Gasteiger partial charge < -0.3 is 10.0 Å². The van der Waals surface area contributed by atoms with Gasteiger partial charge in [-0.25, -0.2) is 0 Å². The quantitative estimate of drug-likeness (QED) is 0.826. The molecule has 0 amide bonds. The van der Waals surface area contributed by atoms with Gasteiger partial charge in [-0.3, -0.25) is 9.80 Å². The lowest BCUT2D eigenvalue weighted by Gasteiger charge is -2.46. The number of aliphatic hydroxyl groups is 1. The SMILES string of the molecule is OCCC1CN(C2CCN(c3ccccc3)CC2)CCN1Cc1cccs1. The fourth-order valence-electron chi connectivity index (χ4n) is 4.61. The van der Waals surface area contributed by atoms with Crippen molar-refractivity contribution < 1.29 is 5.11 Å². The normalized spacial score (nSPS) is 23.0. The van der Waals surface area contributed by atoms with Crippen LogP contribution in [0.5, 0.6) is 0 Å². The van der Waals surface area contributed by atoms with Gasteiger partial charge in [-0.05, 0) is 42.8 Å². The molecule has 0 spiro atoms. The molecular formula is C22H31N3OS. The van der Waals surface area contributed by atoms with E-state index in [2.05, 4.69) is 62.5 Å². The Morgan fingerprint density at radius 3 is 2.48 bits per heavy atom. The number of piperazine rings is 1. The zero-order chi connectivity index (χ0) is 18.5. The molecular weight excluding hydrogens is 354 g/mol. The van der Waals surface area contributed by atoms with Gasteiger partial charge in [0.15, 0.2) is 0 Å². The van der Waals surface area contributed by atoms with Gasteiger partial charge in [0, 0.05) is 68.5 Å². The third-order valence-electron chi connectivity index (χ3n) is 6.14. The highest BCUT2D eigenvalue weighted by Crippen LogP contribution is 2.26. The minimum absolute atomic E-state index is 0.284. The van der Waals surface area contributed by atoms with Gasteiger partial charge >= 0.3 is 0 Å². The second-order valence-corrected chi connectivity index (χ2v) is 8.80. The van der Waals surface area contributed by atoms with E-state index in [0.717, 1.165) is 45.7 Å². The van der Waals surface area contributed by atoms with Gasteiger partial charge in [-0.15, -0.1) is 11.3 Å². The fraction of sp³-hybridized carbons (Fsp3) is 0.545. The third kappa shape index (κ3) is 4.72. The van der Waals surface area contributed by atoms with Crippen molar-refractivity contribution >= 4 is 17.0 Å². The molecule has 0 radical (unpaired) electrons. The molecule has 4 nitrogen and oxygen atoms in total. The van der Waals surface area contributed by atoms with E-state index in [-0.39, 0.29) is 6.61 Å². The molecule has 2 saturated heterocycles. The summed E-state index contributed by atoms with van der Waals surface area (Å²) in [6.07, 6.45) is 3.36. The Kier molecular flexibility index (Phi) is 6.45. The predicted octanol–water partition coefficient (Wildman–Crippen LogP) is 3.29. The fourth-order valence-corrected chi connectivity index (χ4v) is 5.34. The highest BCUT2D eigenvalue weighted by molar-refractivity contribution is 7.09. The van der Waals surface area contributed by atoms with Crippen LogP contribution in [0.2, 0.25) is 0 Å². The lowest BCUT2D eigenvalue weighted by molar-refractivity contribution is 0.0260. The number of piperidine rings is 1. The summed E-state index contributed by atoms with van der Waals surface area (Å²) in [5, 5.41) is 11.7. The minimum Gasteiger partial charge on any atom is -0.396 e. The number of para-hydroxylation sites is 1. The second-order valence-electron chi connectivity index (χ2n) is 7.76. The van der Waals surface area contributed by atoms with E-state index >= 15 is 0 Å². The zero-order valence-corrected chi connectivity index (χ0v) is 16.9. The van der Waals surface area contributed by atoms with Gasteiger partial charge in [-0.1, -0.05) is 24.3 Å². The van der Waals surface area contributed by atoms with E-state index < -0.39 is 0 Å². The topological polar surface area (TPSA) is 30.0 Å². The van der Waals surface area contributed by atoms with E-state index in [1.54, 1.807) is 0 Å². The maximum absolute atomic E-state index is 9.57. The average molecular weight is 386 g/mol. The Morgan fingerprint density at radius 2 is 1.78 bits per heavy atom. The highest BCUT2D eigenvalue weighted by Gasteiger charge is 2.32. The molecule has 1 aromatic carbocycles. The van der Waals surface area contributed by atoms with Gasteiger partial charge in [-0.2, -0.15) is 0 Å². The molecule has 2 aliphatic heterocycles. The van der Waals surface area contributed by atoms with Crippen molar-refractivity contribution in [2.24, 2.45) is 0 Å². The average Bonchev–Trinajstić information content (AvgIpc) is 3.23. The van der Waals surface area contributed by atoms with Crippen molar-refractivity contribution in [3.8, 4) is 0 Å². The Labute approximate surface area is 167 Å². The molecule has 0 saturated carbocycles. The molecule has 5 heteroatoms. The number of hydrogen-bond donors (Lipinski definition) is 1. The first-order valence-electron chi connectivity index (χ1n) is 10.2. The summed E-state index contributed by atoms with van der Waals surface area (Å²) in [6.45, 7) is 6.98. The Morgan fingerprint density at radius 1 is 0.963 bits per heavy atom. The number of anilines is 1. The maximum atomic E-state index is 9.57. The number of nitrogens with zero attached hydrogens (tertiary/aromatic N) is 3. The number of thiophene rings is 1. The molecule has 1 N–H and O–H groups in total. The van der Waals surface area contributed by atoms with Crippen LogP contribution in [0, 0.1) is 0 Å². The summed E-state index contributed by atoms with van der Waals surface area (Å²) >= 11 is 1.84. The molecule has 2 aliphatic rings. The van der Waals surface area contributed by atoms with Crippen LogP contribution < -0.4 is 4.90 Å². The van der Waals surface area contributed by atoms with Crippen molar-refractivity contribution in [1.29, 1.82) is 0 Å². The molecule has 146 valence electrons.